The van der Waals surface area contributed by atoms with E-state index in [-0.39, 0.29) is 5.91 Å². The van der Waals surface area contributed by atoms with Crippen LogP contribution in [0.25, 0.3) is 0 Å². The van der Waals surface area contributed by atoms with Crippen LogP contribution in [-0.2, 0) is 0 Å². The molecule has 4 heteroatoms. The summed E-state index contributed by atoms with van der Waals surface area (Å²) in [5.74, 6) is 0.0778. The molecule has 1 heterocycles. The summed E-state index contributed by atoms with van der Waals surface area (Å²) in [6.45, 7) is 10.0. The smallest absolute Gasteiger partial charge is 0.255 e. The molecule has 0 radical (unpaired) electrons. The van der Waals surface area contributed by atoms with Crippen molar-refractivity contribution in [3.05, 3.63) is 24.0 Å². The molecule has 1 aromatic rings. The van der Waals surface area contributed by atoms with Crippen molar-refractivity contribution in [1.29, 1.82) is 0 Å². The lowest BCUT2D eigenvalue weighted by Crippen LogP contribution is -2.32. The first-order valence-corrected chi connectivity index (χ1v) is 7.63. The molecule has 0 aromatic carbocycles. The van der Waals surface area contributed by atoms with Crippen LogP contribution in [0.2, 0.25) is 0 Å². The summed E-state index contributed by atoms with van der Waals surface area (Å²) < 4.78 is 0. The van der Waals surface area contributed by atoms with Gasteiger partial charge in [-0.25, -0.2) is 0 Å². The Morgan fingerprint density at radius 3 is 2.45 bits per heavy atom. The molecule has 0 fully saturated rings. The highest BCUT2D eigenvalue weighted by atomic mass is 16.2. The number of carbonyl (C=O) groups is 1. The highest BCUT2D eigenvalue weighted by Crippen LogP contribution is 2.13. The van der Waals surface area contributed by atoms with Gasteiger partial charge < -0.3 is 10.2 Å². The van der Waals surface area contributed by atoms with Crippen molar-refractivity contribution in [2.45, 2.75) is 53.0 Å². The predicted molar refractivity (Wildman–Crippen MR) is 84.1 cm³/mol. The first kappa shape index (κ1) is 16.5. The van der Waals surface area contributed by atoms with Gasteiger partial charge in [0.05, 0.1) is 11.3 Å². The standard InChI is InChI=1S/C16H27N3O/c1-5-8-19(9-6-2)16(20)14-10-15(12-17-11-14)18-13(4)7-3/h10-13,18H,5-9H2,1-4H3. The van der Waals surface area contributed by atoms with Crippen molar-refractivity contribution in [3.63, 3.8) is 0 Å². The van der Waals surface area contributed by atoms with Gasteiger partial charge in [-0.15, -0.1) is 0 Å². The van der Waals surface area contributed by atoms with E-state index >= 15 is 0 Å². The Labute approximate surface area is 122 Å². The average molecular weight is 277 g/mol. The molecule has 0 bridgehead atoms. The Hall–Kier alpha value is -1.58. The molecule has 20 heavy (non-hydrogen) atoms. The number of hydrogen-bond donors (Lipinski definition) is 1. The van der Waals surface area contributed by atoms with Crippen LogP contribution in [0.4, 0.5) is 5.69 Å². The van der Waals surface area contributed by atoms with E-state index in [1.807, 2.05) is 11.0 Å². The average Bonchev–Trinajstić information content (AvgIpc) is 2.46. The fourth-order valence-electron chi connectivity index (χ4n) is 2.06. The number of nitrogens with zero attached hydrogens (tertiary/aromatic N) is 2. The van der Waals surface area contributed by atoms with Crippen LogP contribution in [0.15, 0.2) is 18.5 Å². The van der Waals surface area contributed by atoms with Crippen molar-refractivity contribution in [1.82, 2.24) is 9.88 Å². The third-order valence-electron chi connectivity index (χ3n) is 3.28. The van der Waals surface area contributed by atoms with E-state index < -0.39 is 0 Å². The van der Waals surface area contributed by atoms with E-state index in [1.165, 1.54) is 0 Å². The molecule has 112 valence electrons. The largest absolute Gasteiger partial charge is 0.381 e. The molecule has 0 aliphatic carbocycles. The lowest BCUT2D eigenvalue weighted by atomic mass is 10.2. The van der Waals surface area contributed by atoms with E-state index in [2.05, 4.69) is 38.0 Å². The van der Waals surface area contributed by atoms with Gasteiger partial charge in [-0.3, -0.25) is 9.78 Å². The summed E-state index contributed by atoms with van der Waals surface area (Å²) in [7, 11) is 0. The molecule has 1 unspecified atom stereocenters. The minimum absolute atomic E-state index is 0.0778. The maximum Gasteiger partial charge on any atom is 0.255 e. The SMILES string of the molecule is CCCN(CCC)C(=O)c1cncc(NC(C)CC)c1. The van der Waals surface area contributed by atoms with Crippen molar-refractivity contribution in [2.75, 3.05) is 18.4 Å². The zero-order valence-corrected chi connectivity index (χ0v) is 13.1. The molecule has 1 aromatic heterocycles. The van der Waals surface area contributed by atoms with E-state index in [9.17, 15) is 4.79 Å². The van der Waals surface area contributed by atoms with Gasteiger partial charge in [-0.2, -0.15) is 0 Å². The van der Waals surface area contributed by atoms with Gasteiger partial charge in [0, 0.05) is 31.5 Å². The van der Waals surface area contributed by atoms with Gasteiger partial charge in [0.25, 0.3) is 5.91 Å². The predicted octanol–water partition coefficient (Wildman–Crippen LogP) is 3.55. The van der Waals surface area contributed by atoms with Gasteiger partial charge >= 0.3 is 0 Å². The van der Waals surface area contributed by atoms with Gasteiger partial charge in [-0.1, -0.05) is 20.8 Å². The molecule has 1 rings (SSSR count). The third-order valence-corrected chi connectivity index (χ3v) is 3.28. The molecule has 0 aliphatic rings. The van der Waals surface area contributed by atoms with Crippen molar-refractivity contribution >= 4 is 11.6 Å². The number of carbonyl (C=O) groups excluding carboxylic acids is 1. The Morgan fingerprint density at radius 2 is 1.90 bits per heavy atom. The monoisotopic (exact) mass is 277 g/mol. The molecule has 1 atom stereocenters. The van der Waals surface area contributed by atoms with Gasteiger partial charge in [0.15, 0.2) is 0 Å². The van der Waals surface area contributed by atoms with Crippen LogP contribution in [0.1, 0.15) is 57.3 Å². The minimum atomic E-state index is 0.0778. The van der Waals surface area contributed by atoms with Crippen LogP contribution in [0.5, 0.6) is 0 Å². The van der Waals surface area contributed by atoms with E-state index in [0.29, 0.717) is 11.6 Å². The molecule has 0 aliphatic heterocycles. The van der Waals surface area contributed by atoms with Gasteiger partial charge in [0.2, 0.25) is 0 Å². The normalized spacial score (nSPS) is 12.0. The fourth-order valence-corrected chi connectivity index (χ4v) is 2.06. The van der Waals surface area contributed by atoms with Crippen molar-refractivity contribution < 1.29 is 4.79 Å². The maximum atomic E-state index is 12.5. The lowest BCUT2D eigenvalue weighted by Gasteiger charge is -2.22. The number of aromatic nitrogens is 1. The Bertz CT molecular complexity index is 414. The topological polar surface area (TPSA) is 45.2 Å². The molecule has 4 nitrogen and oxygen atoms in total. The molecule has 0 saturated heterocycles. The van der Waals surface area contributed by atoms with Gasteiger partial charge in [-0.05, 0) is 32.3 Å². The number of amides is 1. The second-order valence-corrected chi connectivity index (χ2v) is 5.21. The second kappa shape index (κ2) is 8.56. The van der Waals surface area contributed by atoms with Crippen LogP contribution in [0, 0.1) is 0 Å². The summed E-state index contributed by atoms with van der Waals surface area (Å²) in [5, 5.41) is 3.36. The highest BCUT2D eigenvalue weighted by molar-refractivity contribution is 5.94. The number of hydrogen-bond acceptors (Lipinski definition) is 3. The summed E-state index contributed by atoms with van der Waals surface area (Å²) in [5.41, 5.74) is 1.58. The number of nitrogens with one attached hydrogen (secondary N) is 1. The minimum Gasteiger partial charge on any atom is -0.381 e. The molecular formula is C16H27N3O. The quantitative estimate of drug-likeness (QED) is 0.790. The van der Waals surface area contributed by atoms with Gasteiger partial charge in [0.1, 0.15) is 0 Å². The Kier molecular flexibility index (Phi) is 7.05. The van der Waals surface area contributed by atoms with Crippen LogP contribution in [0.3, 0.4) is 0 Å². The van der Waals surface area contributed by atoms with E-state index in [1.54, 1.807) is 12.4 Å². The number of rotatable bonds is 8. The zero-order chi connectivity index (χ0) is 15.0. The molecule has 1 amide bonds. The zero-order valence-electron chi connectivity index (χ0n) is 13.1. The molecular weight excluding hydrogens is 250 g/mol. The first-order chi connectivity index (χ1) is 9.62. The van der Waals surface area contributed by atoms with Crippen LogP contribution >= 0.6 is 0 Å². The summed E-state index contributed by atoms with van der Waals surface area (Å²) in [6, 6.07) is 2.28. The number of pyridine rings is 1. The molecule has 0 saturated carbocycles. The lowest BCUT2D eigenvalue weighted by molar-refractivity contribution is 0.0755. The second-order valence-electron chi connectivity index (χ2n) is 5.21. The summed E-state index contributed by atoms with van der Waals surface area (Å²) >= 11 is 0. The van der Waals surface area contributed by atoms with Crippen LogP contribution < -0.4 is 5.32 Å². The highest BCUT2D eigenvalue weighted by Gasteiger charge is 2.15. The fraction of sp³-hybridized carbons (Fsp3) is 0.625. The first-order valence-electron chi connectivity index (χ1n) is 7.63. The summed E-state index contributed by atoms with van der Waals surface area (Å²) in [6.07, 6.45) is 6.42. The molecule has 0 spiro atoms. The molecule has 1 N–H and O–H groups in total. The van der Waals surface area contributed by atoms with Crippen LogP contribution in [-0.4, -0.2) is 34.9 Å². The summed E-state index contributed by atoms with van der Waals surface area (Å²) in [4.78, 5) is 18.6. The Morgan fingerprint density at radius 1 is 1.25 bits per heavy atom. The maximum absolute atomic E-state index is 12.5. The van der Waals surface area contributed by atoms with E-state index in [0.717, 1.165) is 38.0 Å². The third kappa shape index (κ3) is 4.83. The van der Waals surface area contributed by atoms with Crippen molar-refractivity contribution in [2.24, 2.45) is 0 Å². The number of anilines is 1. The van der Waals surface area contributed by atoms with Crippen molar-refractivity contribution in [3.8, 4) is 0 Å². The Balaban J connectivity index is 2.83. The van der Waals surface area contributed by atoms with E-state index in [4.69, 9.17) is 0 Å².